The number of ether oxygens (including phenoxy) is 2. The average molecular weight is 318 g/mol. The van der Waals surface area contributed by atoms with Gasteiger partial charge in [-0.25, -0.2) is 0 Å². The minimum atomic E-state index is -1.45. The van der Waals surface area contributed by atoms with E-state index in [-0.39, 0.29) is 19.6 Å². The number of hydrogen-bond donors (Lipinski definition) is 0. The van der Waals surface area contributed by atoms with Crippen molar-refractivity contribution in [3.8, 4) is 0 Å². The molecule has 0 radical (unpaired) electrons. The lowest BCUT2D eigenvalue weighted by Gasteiger charge is -2.32. The third-order valence-electron chi connectivity index (χ3n) is 4.44. The lowest BCUT2D eigenvalue weighted by atomic mass is 9.71. The van der Waals surface area contributed by atoms with Crippen LogP contribution in [0.15, 0.2) is 30.3 Å². The lowest BCUT2D eigenvalue weighted by molar-refractivity contribution is -0.173. The second-order valence-electron chi connectivity index (χ2n) is 5.64. The minimum absolute atomic E-state index is 0.174. The molecule has 0 aliphatic heterocycles. The van der Waals surface area contributed by atoms with Gasteiger partial charge in [0.25, 0.3) is 0 Å². The molecule has 0 bridgehead atoms. The van der Waals surface area contributed by atoms with Crippen molar-refractivity contribution in [1.29, 1.82) is 0 Å². The van der Waals surface area contributed by atoms with Crippen molar-refractivity contribution < 1.29 is 23.9 Å². The van der Waals surface area contributed by atoms with Crippen LogP contribution in [0.4, 0.5) is 0 Å². The summed E-state index contributed by atoms with van der Waals surface area (Å²) in [6, 6.07) is 9.18. The monoisotopic (exact) mass is 318 g/mol. The van der Waals surface area contributed by atoms with E-state index in [2.05, 4.69) is 0 Å². The number of hydrogen-bond acceptors (Lipinski definition) is 5. The van der Waals surface area contributed by atoms with Crippen LogP contribution in [0.3, 0.4) is 0 Å². The number of carbonyl (C=O) groups excluding carboxylic acids is 3. The highest BCUT2D eigenvalue weighted by molar-refractivity contribution is 6.02. The molecule has 1 aliphatic rings. The molecule has 124 valence electrons. The molecule has 1 saturated carbocycles. The SMILES string of the molecule is CCOC(=O)C1(C(=O)OCC)CC[C@H](C=O)[C@H]1c1ccccc1. The Morgan fingerprint density at radius 2 is 1.70 bits per heavy atom. The lowest BCUT2D eigenvalue weighted by Crippen LogP contribution is -2.45. The first-order valence-electron chi connectivity index (χ1n) is 7.96. The van der Waals surface area contributed by atoms with Gasteiger partial charge in [0, 0.05) is 11.8 Å². The molecule has 0 N–H and O–H groups in total. The van der Waals surface area contributed by atoms with Gasteiger partial charge in [0.05, 0.1) is 13.2 Å². The van der Waals surface area contributed by atoms with Crippen LogP contribution < -0.4 is 0 Å². The molecule has 1 aromatic rings. The highest BCUT2D eigenvalue weighted by Crippen LogP contribution is 2.53. The van der Waals surface area contributed by atoms with Crippen LogP contribution in [0, 0.1) is 11.3 Å². The minimum Gasteiger partial charge on any atom is -0.465 e. The smallest absolute Gasteiger partial charge is 0.324 e. The summed E-state index contributed by atoms with van der Waals surface area (Å²) in [6.07, 6.45) is 1.55. The molecule has 5 nitrogen and oxygen atoms in total. The molecule has 0 saturated heterocycles. The Hall–Kier alpha value is -2.17. The fourth-order valence-corrected chi connectivity index (χ4v) is 3.48. The maximum absolute atomic E-state index is 12.7. The van der Waals surface area contributed by atoms with Gasteiger partial charge in [0.2, 0.25) is 0 Å². The molecule has 2 rings (SSSR count). The Morgan fingerprint density at radius 3 is 2.17 bits per heavy atom. The van der Waals surface area contributed by atoms with Crippen molar-refractivity contribution in [3.63, 3.8) is 0 Å². The Morgan fingerprint density at radius 1 is 1.13 bits per heavy atom. The highest BCUT2D eigenvalue weighted by Gasteiger charge is 2.61. The van der Waals surface area contributed by atoms with E-state index in [1.807, 2.05) is 30.3 Å². The fourth-order valence-electron chi connectivity index (χ4n) is 3.48. The Kier molecular flexibility index (Phi) is 5.53. The summed E-state index contributed by atoms with van der Waals surface area (Å²) < 4.78 is 10.4. The Bertz CT molecular complexity index is 548. The molecule has 0 aromatic heterocycles. The zero-order valence-electron chi connectivity index (χ0n) is 13.5. The quantitative estimate of drug-likeness (QED) is 0.458. The summed E-state index contributed by atoms with van der Waals surface area (Å²) in [5.41, 5.74) is -0.665. The third kappa shape index (κ3) is 3.00. The van der Waals surface area contributed by atoms with Crippen molar-refractivity contribution >= 4 is 18.2 Å². The van der Waals surface area contributed by atoms with Crippen molar-refractivity contribution in [2.24, 2.45) is 11.3 Å². The van der Waals surface area contributed by atoms with Gasteiger partial charge < -0.3 is 14.3 Å². The van der Waals surface area contributed by atoms with Gasteiger partial charge in [-0.05, 0) is 32.3 Å². The summed E-state index contributed by atoms with van der Waals surface area (Å²) in [7, 11) is 0. The van der Waals surface area contributed by atoms with Crippen molar-refractivity contribution in [1.82, 2.24) is 0 Å². The molecule has 5 heteroatoms. The van der Waals surface area contributed by atoms with Crippen molar-refractivity contribution in [2.75, 3.05) is 13.2 Å². The Balaban J connectivity index is 2.55. The van der Waals surface area contributed by atoms with E-state index >= 15 is 0 Å². The van der Waals surface area contributed by atoms with Gasteiger partial charge in [-0.15, -0.1) is 0 Å². The van der Waals surface area contributed by atoms with E-state index in [1.165, 1.54) is 0 Å². The molecule has 0 heterocycles. The summed E-state index contributed by atoms with van der Waals surface area (Å²) in [5.74, 6) is -2.17. The van der Waals surface area contributed by atoms with E-state index in [0.29, 0.717) is 6.42 Å². The van der Waals surface area contributed by atoms with Crippen molar-refractivity contribution in [2.45, 2.75) is 32.6 Å². The molecule has 0 amide bonds. The first kappa shape index (κ1) is 17.2. The molecule has 2 atom stereocenters. The van der Waals surface area contributed by atoms with E-state index in [1.54, 1.807) is 13.8 Å². The van der Waals surface area contributed by atoms with E-state index in [4.69, 9.17) is 9.47 Å². The van der Waals surface area contributed by atoms with Gasteiger partial charge >= 0.3 is 11.9 Å². The zero-order valence-corrected chi connectivity index (χ0v) is 13.5. The molecular formula is C18H22O5. The fraction of sp³-hybridized carbons (Fsp3) is 0.500. The maximum Gasteiger partial charge on any atom is 0.324 e. The maximum atomic E-state index is 12.7. The molecular weight excluding hydrogens is 296 g/mol. The van der Waals surface area contributed by atoms with Gasteiger partial charge in [-0.2, -0.15) is 0 Å². The average Bonchev–Trinajstić information content (AvgIpc) is 2.96. The van der Waals surface area contributed by atoms with Gasteiger partial charge in [-0.1, -0.05) is 30.3 Å². The van der Waals surface area contributed by atoms with Crippen LogP contribution in [0.5, 0.6) is 0 Å². The van der Waals surface area contributed by atoms with E-state index in [0.717, 1.165) is 11.8 Å². The predicted molar refractivity (Wildman–Crippen MR) is 83.7 cm³/mol. The molecule has 1 aliphatic carbocycles. The standard InChI is InChI=1S/C18H22O5/c1-3-22-16(20)18(17(21)23-4-2)11-10-14(12-19)15(18)13-8-6-5-7-9-13/h5-9,12,14-15H,3-4,10-11H2,1-2H3/t14-,15-/m1/s1. The Labute approximate surface area is 136 Å². The topological polar surface area (TPSA) is 69.7 Å². The molecule has 0 unspecified atom stereocenters. The molecule has 0 spiro atoms. The molecule has 23 heavy (non-hydrogen) atoms. The predicted octanol–water partition coefficient (Wildman–Crippen LogP) is 2.49. The van der Waals surface area contributed by atoms with Crippen LogP contribution in [0.1, 0.15) is 38.2 Å². The van der Waals surface area contributed by atoms with Crippen LogP contribution in [0.2, 0.25) is 0 Å². The second kappa shape index (κ2) is 7.40. The summed E-state index contributed by atoms with van der Waals surface area (Å²) in [5, 5.41) is 0. The van der Waals surface area contributed by atoms with E-state index in [9.17, 15) is 14.4 Å². The number of rotatable bonds is 6. The summed E-state index contributed by atoms with van der Waals surface area (Å²) in [6.45, 7) is 3.74. The van der Waals surface area contributed by atoms with Gasteiger partial charge in [0.1, 0.15) is 6.29 Å². The zero-order chi connectivity index (χ0) is 16.9. The van der Waals surface area contributed by atoms with E-state index < -0.39 is 29.2 Å². The third-order valence-corrected chi connectivity index (χ3v) is 4.44. The molecule has 1 fully saturated rings. The summed E-state index contributed by atoms with van der Waals surface area (Å²) in [4.78, 5) is 36.9. The van der Waals surface area contributed by atoms with Crippen LogP contribution in [-0.4, -0.2) is 31.4 Å². The number of esters is 2. The van der Waals surface area contributed by atoms with Crippen LogP contribution >= 0.6 is 0 Å². The first-order valence-corrected chi connectivity index (χ1v) is 7.96. The molecule has 1 aromatic carbocycles. The highest BCUT2D eigenvalue weighted by atomic mass is 16.6. The van der Waals surface area contributed by atoms with Crippen LogP contribution in [-0.2, 0) is 23.9 Å². The van der Waals surface area contributed by atoms with Crippen molar-refractivity contribution in [3.05, 3.63) is 35.9 Å². The second-order valence-corrected chi connectivity index (χ2v) is 5.64. The normalized spacial score (nSPS) is 22.3. The first-order chi connectivity index (χ1) is 11.1. The van der Waals surface area contributed by atoms with Gasteiger partial charge in [-0.3, -0.25) is 9.59 Å². The van der Waals surface area contributed by atoms with Crippen LogP contribution in [0.25, 0.3) is 0 Å². The number of aldehydes is 1. The van der Waals surface area contributed by atoms with Gasteiger partial charge in [0.15, 0.2) is 5.41 Å². The largest absolute Gasteiger partial charge is 0.465 e. The number of carbonyl (C=O) groups is 3. The summed E-state index contributed by atoms with van der Waals surface area (Å²) >= 11 is 0. The number of benzene rings is 1.